The summed E-state index contributed by atoms with van der Waals surface area (Å²) in [6, 6.07) is 7.71. The van der Waals surface area contributed by atoms with Gasteiger partial charge in [0.1, 0.15) is 23.2 Å². The van der Waals surface area contributed by atoms with Gasteiger partial charge in [-0.3, -0.25) is 4.79 Å². The minimum Gasteiger partial charge on any atom is -0.493 e. The molecule has 0 aliphatic heterocycles. The molecule has 0 aliphatic carbocycles. The van der Waals surface area contributed by atoms with Crippen molar-refractivity contribution < 1.29 is 9.13 Å². The molecule has 0 fully saturated rings. The standard InChI is InChI=1S/C17H17FN2O2/c1-3-4-7-22-16-9-12(18)5-6-13(16)14-8-11(2)20-17(21)15(14)10-19/h5-6,8-9H,3-4,7H2,1-2H3,(H,20,21). The molecule has 0 saturated heterocycles. The fraction of sp³-hybridized carbons (Fsp3) is 0.294. The molecule has 0 bridgehead atoms. The molecule has 0 atom stereocenters. The Labute approximate surface area is 128 Å². The van der Waals surface area contributed by atoms with Crippen LogP contribution < -0.4 is 10.3 Å². The van der Waals surface area contributed by atoms with Crippen LogP contribution >= 0.6 is 0 Å². The third-order valence-electron chi connectivity index (χ3n) is 3.27. The van der Waals surface area contributed by atoms with Gasteiger partial charge in [-0.1, -0.05) is 13.3 Å². The van der Waals surface area contributed by atoms with E-state index in [0.717, 1.165) is 12.8 Å². The number of rotatable bonds is 5. The minimum absolute atomic E-state index is 0.00227. The zero-order chi connectivity index (χ0) is 16.1. The smallest absolute Gasteiger partial charge is 0.266 e. The quantitative estimate of drug-likeness (QED) is 0.859. The Balaban J connectivity index is 2.58. The molecular formula is C17H17FN2O2. The first-order valence-electron chi connectivity index (χ1n) is 7.13. The van der Waals surface area contributed by atoms with E-state index in [1.54, 1.807) is 13.0 Å². The summed E-state index contributed by atoms with van der Waals surface area (Å²) in [4.78, 5) is 14.5. The summed E-state index contributed by atoms with van der Waals surface area (Å²) >= 11 is 0. The van der Waals surface area contributed by atoms with Gasteiger partial charge in [0, 0.05) is 22.9 Å². The SMILES string of the molecule is CCCCOc1cc(F)ccc1-c1cc(C)[nH]c(=O)c1C#N. The maximum Gasteiger partial charge on any atom is 0.266 e. The Hall–Kier alpha value is -2.61. The summed E-state index contributed by atoms with van der Waals surface area (Å²) < 4.78 is 19.1. The van der Waals surface area contributed by atoms with Gasteiger partial charge in [-0.25, -0.2) is 4.39 Å². The molecule has 0 radical (unpaired) electrons. The molecule has 0 aliphatic rings. The lowest BCUT2D eigenvalue weighted by atomic mass is 10.00. The first-order valence-corrected chi connectivity index (χ1v) is 7.13. The summed E-state index contributed by atoms with van der Waals surface area (Å²) in [7, 11) is 0. The molecule has 0 amide bonds. The van der Waals surface area contributed by atoms with Crippen LogP contribution in [0.15, 0.2) is 29.1 Å². The van der Waals surface area contributed by atoms with E-state index in [-0.39, 0.29) is 5.56 Å². The van der Waals surface area contributed by atoms with Gasteiger partial charge >= 0.3 is 0 Å². The van der Waals surface area contributed by atoms with Crippen molar-refractivity contribution in [3.8, 4) is 22.9 Å². The summed E-state index contributed by atoms with van der Waals surface area (Å²) in [5, 5.41) is 9.23. The molecule has 0 unspecified atom stereocenters. The Morgan fingerprint density at radius 1 is 1.32 bits per heavy atom. The number of pyridine rings is 1. The second kappa shape index (κ2) is 6.90. The van der Waals surface area contributed by atoms with Gasteiger partial charge in [0.05, 0.1) is 6.61 Å². The van der Waals surface area contributed by atoms with Gasteiger partial charge < -0.3 is 9.72 Å². The number of nitrogens with one attached hydrogen (secondary N) is 1. The monoisotopic (exact) mass is 300 g/mol. The summed E-state index contributed by atoms with van der Waals surface area (Å²) in [6.07, 6.45) is 1.80. The second-order valence-corrected chi connectivity index (χ2v) is 5.02. The minimum atomic E-state index is -0.457. The number of benzene rings is 1. The maximum absolute atomic E-state index is 13.5. The number of nitriles is 1. The van der Waals surface area contributed by atoms with Crippen LogP contribution in [0.3, 0.4) is 0 Å². The molecular weight excluding hydrogens is 283 g/mol. The molecule has 4 nitrogen and oxygen atoms in total. The van der Waals surface area contributed by atoms with Gasteiger partial charge in [-0.15, -0.1) is 0 Å². The molecule has 1 N–H and O–H groups in total. The van der Waals surface area contributed by atoms with E-state index >= 15 is 0 Å². The van der Waals surface area contributed by atoms with E-state index in [1.165, 1.54) is 18.2 Å². The fourth-order valence-electron chi connectivity index (χ4n) is 2.18. The average molecular weight is 300 g/mol. The predicted molar refractivity (Wildman–Crippen MR) is 82.3 cm³/mol. The van der Waals surface area contributed by atoms with Crippen LogP contribution in [0.5, 0.6) is 5.75 Å². The molecule has 114 valence electrons. The van der Waals surface area contributed by atoms with Crippen molar-refractivity contribution in [2.75, 3.05) is 6.61 Å². The van der Waals surface area contributed by atoms with Crippen LogP contribution in [0.25, 0.3) is 11.1 Å². The van der Waals surface area contributed by atoms with Crippen LogP contribution in [0.4, 0.5) is 4.39 Å². The number of aryl methyl sites for hydroxylation is 1. The van der Waals surface area contributed by atoms with Crippen LogP contribution in [0, 0.1) is 24.1 Å². The van der Waals surface area contributed by atoms with Gasteiger partial charge in [-0.2, -0.15) is 5.26 Å². The van der Waals surface area contributed by atoms with Crippen molar-refractivity contribution in [2.24, 2.45) is 0 Å². The van der Waals surface area contributed by atoms with Gasteiger partial charge in [-0.05, 0) is 31.5 Å². The first-order chi connectivity index (χ1) is 10.6. The Bertz CT molecular complexity index is 775. The van der Waals surface area contributed by atoms with Crippen molar-refractivity contribution in [3.05, 3.63) is 51.7 Å². The first kappa shape index (κ1) is 15.8. The normalized spacial score (nSPS) is 10.3. The number of ether oxygens (including phenoxy) is 1. The van der Waals surface area contributed by atoms with Crippen LogP contribution in [-0.4, -0.2) is 11.6 Å². The zero-order valence-electron chi connectivity index (χ0n) is 12.6. The lowest BCUT2D eigenvalue weighted by molar-refractivity contribution is 0.309. The molecule has 5 heteroatoms. The second-order valence-electron chi connectivity index (χ2n) is 5.02. The summed E-state index contributed by atoms with van der Waals surface area (Å²) in [6.45, 7) is 4.22. The topological polar surface area (TPSA) is 65.9 Å². The number of halogens is 1. The summed E-state index contributed by atoms with van der Waals surface area (Å²) in [5.74, 6) is -0.0785. The maximum atomic E-state index is 13.5. The fourth-order valence-corrected chi connectivity index (χ4v) is 2.18. The van der Waals surface area contributed by atoms with E-state index in [4.69, 9.17) is 4.74 Å². The van der Waals surface area contributed by atoms with Gasteiger partial charge in [0.2, 0.25) is 0 Å². The van der Waals surface area contributed by atoms with Gasteiger partial charge in [0.15, 0.2) is 0 Å². The molecule has 0 saturated carbocycles. The zero-order valence-corrected chi connectivity index (χ0v) is 12.6. The van der Waals surface area contributed by atoms with Crippen molar-refractivity contribution in [2.45, 2.75) is 26.7 Å². The molecule has 1 aromatic carbocycles. The number of H-pyrrole nitrogens is 1. The number of aromatic amines is 1. The van der Waals surface area contributed by atoms with Crippen LogP contribution in [0.2, 0.25) is 0 Å². The lowest BCUT2D eigenvalue weighted by Gasteiger charge is -2.13. The average Bonchev–Trinajstić information content (AvgIpc) is 2.47. The molecule has 1 aromatic heterocycles. The van der Waals surface area contributed by atoms with Crippen molar-refractivity contribution in [1.29, 1.82) is 5.26 Å². The van der Waals surface area contributed by atoms with Crippen molar-refractivity contribution in [3.63, 3.8) is 0 Å². The Morgan fingerprint density at radius 2 is 2.09 bits per heavy atom. The van der Waals surface area contributed by atoms with E-state index in [2.05, 4.69) is 4.98 Å². The Morgan fingerprint density at radius 3 is 2.77 bits per heavy atom. The highest BCUT2D eigenvalue weighted by Gasteiger charge is 2.15. The number of unbranched alkanes of at least 4 members (excludes halogenated alkanes) is 1. The number of hydrogen-bond acceptors (Lipinski definition) is 3. The summed E-state index contributed by atoms with van der Waals surface area (Å²) in [5.41, 5.74) is 1.17. The van der Waals surface area contributed by atoms with Gasteiger partial charge in [0.25, 0.3) is 5.56 Å². The molecule has 0 spiro atoms. The van der Waals surface area contributed by atoms with Crippen LogP contribution in [-0.2, 0) is 0 Å². The number of hydrogen-bond donors (Lipinski definition) is 1. The predicted octanol–water partition coefficient (Wildman–Crippen LogP) is 3.54. The molecule has 2 rings (SSSR count). The van der Waals surface area contributed by atoms with E-state index in [1.807, 2.05) is 13.0 Å². The highest BCUT2D eigenvalue weighted by Crippen LogP contribution is 2.32. The van der Waals surface area contributed by atoms with Crippen LogP contribution in [0.1, 0.15) is 31.0 Å². The third-order valence-corrected chi connectivity index (χ3v) is 3.27. The lowest BCUT2D eigenvalue weighted by Crippen LogP contribution is -2.13. The van der Waals surface area contributed by atoms with E-state index in [9.17, 15) is 14.4 Å². The Kier molecular flexibility index (Phi) is 4.95. The molecule has 2 aromatic rings. The largest absolute Gasteiger partial charge is 0.493 e. The number of aromatic nitrogens is 1. The molecule has 22 heavy (non-hydrogen) atoms. The van der Waals surface area contributed by atoms with E-state index < -0.39 is 11.4 Å². The van der Waals surface area contributed by atoms with Crippen molar-refractivity contribution >= 4 is 0 Å². The highest BCUT2D eigenvalue weighted by atomic mass is 19.1. The highest BCUT2D eigenvalue weighted by molar-refractivity contribution is 5.75. The molecule has 1 heterocycles. The van der Waals surface area contributed by atoms with E-state index in [0.29, 0.717) is 29.2 Å². The third kappa shape index (κ3) is 3.34. The van der Waals surface area contributed by atoms with Crippen molar-refractivity contribution in [1.82, 2.24) is 4.98 Å². The number of nitrogens with zero attached hydrogens (tertiary/aromatic N) is 1.